The number of carbonyl (C=O) groups excluding carboxylic acids is 1. The van der Waals surface area contributed by atoms with Crippen molar-refractivity contribution in [3.05, 3.63) is 71.8 Å². The van der Waals surface area contributed by atoms with E-state index in [1.165, 1.54) is 0 Å². The summed E-state index contributed by atoms with van der Waals surface area (Å²) in [6, 6.07) is 16.0. The van der Waals surface area contributed by atoms with E-state index in [1.54, 1.807) is 12.2 Å². The van der Waals surface area contributed by atoms with Crippen LogP contribution in [0.25, 0.3) is 11.1 Å². The second-order valence-corrected chi connectivity index (χ2v) is 4.21. The van der Waals surface area contributed by atoms with Gasteiger partial charge in [-0.2, -0.15) is 0 Å². The number of carbonyl (C=O) groups is 1. The van der Waals surface area contributed by atoms with E-state index < -0.39 is 0 Å². The molecule has 1 heteroatoms. The third-order valence-electron chi connectivity index (χ3n) is 3.00. The Labute approximate surface area is 108 Å². The largest absolute Gasteiger partial charge is 0.289 e. The molecule has 0 saturated heterocycles. The molecule has 18 heavy (non-hydrogen) atoms. The molecule has 0 heterocycles. The Hall–Kier alpha value is -2.15. The lowest BCUT2D eigenvalue weighted by atomic mass is 9.94. The van der Waals surface area contributed by atoms with Crippen LogP contribution < -0.4 is 0 Å². The number of allylic oxidation sites excluding steroid dienone is 2. The second-order valence-electron chi connectivity index (χ2n) is 4.21. The Morgan fingerprint density at radius 2 is 1.72 bits per heavy atom. The summed E-state index contributed by atoms with van der Waals surface area (Å²) in [5.41, 5.74) is 4.07. The van der Waals surface area contributed by atoms with Crippen molar-refractivity contribution in [2.24, 2.45) is 0 Å². The molecule has 0 fully saturated rings. The molecule has 90 valence electrons. The lowest BCUT2D eigenvalue weighted by Crippen LogP contribution is -1.99. The molecule has 2 rings (SSSR count). The van der Waals surface area contributed by atoms with E-state index >= 15 is 0 Å². The summed E-state index contributed by atoms with van der Waals surface area (Å²) in [6.45, 7) is 3.85. The maximum atomic E-state index is 12.0. The van der Waals surface area contributed by atoms with Crippen LogP contribution in [0.5, 0.6) is 0 Å². The molecule has 0 atom stereocenters. The van der Waals surface area contributed by atoms with Gasteiger partial charge in [0.05, 0.1) is 0 Å². The second kappa shape index (κ2) is 5.46. The number of ketones is 1. The van der Waals surface area contributed by atoms with Crippen LogP contribution in [0.2, 0.25) is 0 Å². The van der Waals surface area contributed by atoms with Gasteiger partial charge in [-0.25, -0.2) is 0 Å². The van der Waals surface area contributed by atoms with Crippen molar-refractivity contribution in [3.63, 3.8) is 0 Å². The van der Waals surface area contributed by atoms with Crippen LogP contribution in [0.3, 0.4) is 0 Å². The molecule has 2 aromatic rings. The zero-order valence-corrected chi connectivity index (χ0v) is 10.7. The molecule has 0 saturated carbocycles. The van der Waals surface area contributed by atoms with Gasteiger partial charge in [-0.1, -0.05) is 54.6 Å². The predicted octanol–water partition coefficient (Wildman–Crippen LogP) is 4.42. The van der Waals surface area contributed by atoms with Crippen LogP contribution >= 0.6 is 0 Å². The molecule has 0 amide bonds. The number of hydrogen-bond acceptors (Lipinski definition) is 1. The number of hydrogen-bond donors (Lipinski definition) is 0. The highest BCUT2D eigenvalue weighted by atomic mass is 16.1. The van der Waals surface area contributed by atoms with Crippen LogP contribution in [-0.4, -0.2) is 5.78 Å². The van der Waals surface area contributed by atoms with Gasteiger partial charge < -0.3 is 0 Å². The average molecular weight is 236 g/mol. The molecule has 0 bridgehead atoms. The van der Waals surface area contributed by atoms with E-state index in [-0.39, 0.29) is 5.78 Å². The molecule has 0 aliphatic rings. The lowest BCUT2D eigenvalue weighted by molar-refractivity contribution is 0.104. The van der Waals surface area contributed by atoms with Crippen molar-refractivity contribution in [2.45, 2.75) is 13.8 Å². The van der Waals surface area contributed by atoms with E-state index in [1.807, 2.05) is 44.2 Å². The molecule has 0 aliphatic carbocycles. The topological polar surface area (TPSA) is 17.1 Å². The quantitative estimate of drug-likeness (QED) is 0.569. The molecule has 0 spiro atoms. The fourth-order valence-corrected chi connectivity index (χ4v) is 2.07. The van der Waals surface area contributed by atoms with Gasteiger partial charge in [0.15, 0.2) is 5.78 Å². The minimum atomic E-state index is 0.0628. The molecule has 1 nitrogen and oxygen atoms in total. The summed E-state index contributed by atoms with van der Waals surface area (Å²) in [4.78, 5) is 12.0. The van der Waals surface area contributed by atoms with Gasteiger partial charge in [-0.15, -0.1) is 0 Å². The molecular formula is C17H16O. The Morgan fingerprint density at radius 3 is 2.39 bits per heavy atom. The molecule has 2 aromatic carbocycles. The zero-order valence-electron chi connectivity index (χ0n) is 10.7. The third kappa shape index (κ3) is 2.40. The highest BCUT2D eigenvalue weighted by Crippen LogP contribution is 2.25. The van der Waals surface area contributed by atoms with Crippen LogP contribution in [0.4, 0.5) is 0 Å². The number of benzene rings is 2. The first-order chi connectivity index (χ1) is 8.74. The van der Waals surface area contributed by atoms with Gasteiger partial charge in [-0.05, 0) is 36.6 Å². The highest BCUT2D eigenvalue weighted by Gasteiger charge is 2.09. The van der Waals surface area contributed by atoms with E-state index in [0.717, 1.165) is 22.3 Å². The Balaban J connectivity index is 2.52. The fourth-order valence-electron chi connectivity index (χ4n) is 2.07. The van der Waals surface area contributed by atoms with E-state index in [0.29, 0.717) is 0 Å². The Morgan fingerprint density at radius 1 is 1.00 bits per heavy atom. The van der Waals surface area contributed by atoms with Crippen molar-refractivity contribution in [3.8, 4) is 11.1 Å². The summed E-state index contributed by atoms with van der Waals surface area (Å²) in [5.74, 6) is 0.0628. The molecule has 0 radical (unpaired) electrons. The standard InChI is InChI=1S/C17H16O/c1-3-8-17(18)16-12-7-11-15(13(16)2)14-9-5-4-6-10-14/h3-12H,1-2H3. The smallest absolute Gasteiger partial charge is 0.185 e. The third-order valence-corrected chi connectivity index (χ3v) is 3.00. The Bertz CT molecular complexity index is 580. The van der Waals surface area contributed by atoms with E-state index in [9.17, 15) is 4.79 Å². The molecule has 0 N–H and O–H groups in total. The Kier molecular flexibility index (Phi) is 3.73. The van der Waals surface area contributed by atoms with Gasteiger partial charge in [0, 0.05) is 5.56 Å². The summed E-state index contributed by atoms with van der Waals surface area (Å²) < 4.78 is 0. The fraction of sp³-hybridized carbons (Fsp3) is 0.118. The lowest BCUT2D eigenvalue weighted by Gasteiger charge is -2.09. The number of rotatable bonds is 3. The minimum absolute atomic E-state index is 0.0628. The van der Waals surface area contributed by atoms with Crippen molar-refractivity contribution in [1.82, 2.24) is 0 Å². The van der Waals surface area contributed by atoms with Crippen LogP contribution in [0, 0.1) is 6.92 Å². The van der Waals surface area contributed by atoms with Gasteiger partial charge in [-0.3, -0.25) is 4.79 Å². The van der Waals surface area contributed by atoms with Crippen molar-refractivity contribution >= 4 is 5.78 Å². The zero-order chi connectivity index (χ0) is 13.0. The van der Waals surface area contributed by atoms with Crippen molar-refractivity contribution in [1.29, 1.82) is 0 Å². The summed E-state index contributed by atoms with van der Waals surface area (Å²) in [5, 5.41) is 0. The summed E-state index contributed by atoms with van der Waals surface area (Å²) in [6.07, 6.45) is 3.38. The van der Waals surface area contributed by atoms with E-state index in [4.69, 9.17) is 0 Å². The SMILES string of the molecule is CC=CC(=O)c1cccc(-c2ccccc2)c1C. The van der Waals surface area contributed by atoms with Gasteiger partial charge in [0.2, 0.25) is 0 Å². The minimum Gasteiger partial charge on any atom is -0.289 e. The predicted molar refractivity (Wildman–Crippen MR) is 75.8 cm³/mol. The maximum absolute atomic E-state index is 12.0. The van der Waals surface area contributed by atoms with Gasteiger partial charge in [0.1, 0.15) is 0 Å². The van der Waals surface area contributed by atoms with Gasteiger partial charge in [0.25, 0.3) is 0 Å². The molecule has 0 aliphatic heterocycles. The normalized spacial score (nSPS) is 10.8. The van der Waals surface area contributed by atoms with Crippen molar-refractivity contribution < 1.29 is 4.79 Å². The monoisotopic (exact) mass is 236 g/mol. The summed E-state index contributed by atoms with van der Waals surface area (Å²) in [7, 11) is 0. The first-order valence-corrected chi connectivity index (χ1v) is 6.06. The first-order valence-electron chi connectivity index (χ1n) is 6.06. The van der Waals surface area contributed by atoms with Crippen molar-refractivity contribution in [2.75, 3.05) is 0 Å². The summed E-state index contributed by atoms with van der Waals surface area (Å²) >= 11 is 0. The van der Waals surface area contributed by atoms with Crippen LogP contribution in [0.15, 0.2) is 60.7 Å². The molecular weight excluding hydrogens is 220 g/mol. The van der Waals surface area contributed by atoms with Crippen LogP contribution in [0.1, 0.15) is 22.8 Å². The molecule has 0 aromatic heterocycles. The van der Waals surface area contributed by atoms with Crippen LogP contribution in [-0.2, 0) is 0 Å². The highest BCUT2D eigenvalue weighted by molar-refractivity contribution is 6.06. The maximum Gasteiger partial charge on any atom is 0.185 e. The molecule has 0 unspecified atom stereocenters. The first kappa shape index (κ1) is 12.3. The van der Waals surface area contributed by atoms with E-state index in [2.05, 4.69) is 18.2 Å². The van der Waals surface area contributed by atoms with Gasteiger partial charge >= 0.3 is 0 Å². The average Bonchev–Trinajstić information content (AvgIpc) is 2.40.